The van der Waals surface area contributed by atoms with Gasteiger partial charge in [-0.2, -0.15) is 0 Å². The molecule has 1 N–H and O–H groups in total. The number of aryl methyl sites for hydroxylation is 2. The Morgan fingerprint density at radius 1 is 0.967 bits per heavy atom. The lowest BCUT2D eigenvalue weighted by atomic mass is 10.1. The summed E-state index contributed by atoms with van der Waals surface area (Å²) >= 11 is 1.41. The smallest absolute Gasteiger partial charge is 0.256 e. The molecule has 0 saturated carbocycles. The number of amides is 2. The molecule has 5 heteroatoms. The van der Waals surface area contributed by atoms with Gasteiger partial charge >= 0.3 is 0 Å². The first-order chi connectivity index (χ1) is 14.5. The van der Waals surface area contributed by atoms with E-state index in [0.717, 1.165) is 33.8 Å². The van der Waals surface area contributed by atoms with Gasteiger partial charge in [0.15, 0.2) is 0 Å². The summed E-state index contributed by atoms with van der Waals surface area (Å²) in [5.41, 5.74) is 5.78. The molecule has 2 amide bonds. The molecular formula is C25H24N2O2S. The number of fused-ring (bicyclic) bond motifs is 1. The summed E-state index contributed by atoms with van der Waals surface area (Å²) in [6.45, 7) is 4.73. The van der Waals surface area contributed by atoms with E-state index in [4.69, 9.17) is 0 Å². The highest BCUT2D eigenvalue weighted by Gasteiger charge is 2.24. The first kappa shape index (κ1) is 20.2. The normalized spacial score (nSPS) is 12.5. The van der Waals surface area contributed by atoms with E-state index in [9.17, 15) is 9.59 Å². The van der Waals surface area contributed by atoms with Crippen LogP contribution >= 0.6 is 11.8 Å². The van der Waals surface area contributed by atoms with Gasteiger partial charge in [-0.25, -0.2) is 0 Å². The van der Waals surface area contributed by atoms with Crippen LogP contribution in [0.2, 0.25) is 0 Å². The quantitative estimate of drug-likeness (QED) is 0.579. The van der Waals surface area contributed by atoms with Gasteiger partial charge in [0.2, 0.25) is 5.91 Å². The van der Waals surface area contributed by atoms with E-state index >= 15 is 0 Å². The van der Waals surface area contributed by atoms with Gasteiger partial charge in [0.05, 0.1) is 11.3 Å². The second kappa shape index (κ2) is 8.76. The molecule has 0 fully saturated rings. The first-order valence-electron chi connectivity index (χ1n) is 10.0. The number of nitrogens with one attached hydrogen (secondary N) is 1. The van der Waals surface area contributed by atoms with Crippen molar-refractivity contribution in [3.8, 4) is 0 Å². The molecule has 1 aliphatic heterocycles. The summed E-state index contributed by atoms with van der Waals surface area (Å²) in [5.74, 6) is 0.193. The number of carbonyl (C=O) groups is 2. The maximum absolute atomic E-state index is 12.9. The van der Waals surface area contributed by atoms with Crippen molar-refractivity contribution in [3.05, 3.63) is 89.0 Å². The lowest BCUT2D eigenvalue weighted by Crippen LogP contribution is -2.30. The van der Waals surface area contributed by atoms with Crippen LogP contribution in [-0.2, 0) is 11.2 Å². The van der Waals surface area contributed by atoms with Crippen LogP contribution in [0.15, 0.2) is 71.6 Å². The fourth-order valence-corrected chi connectivity index (χ4v) is 4.77. The van der Waals surface area contributed by atoms with Crippen molar-refractivity contribution in [3.63, 3.8) is 0 Å². The third-order valence-electron chi connectivity index (χ3n) is 5.15. The number of hydrogen-bond donors (Lipinski definition) is 1. The minimum Gasteiger partial charge on any atom is -0.322 e. The van der Waals surface area contributed by atoms with Gasteiger partial charge in [0.1, 0.15) is 0 Å². The molecule has 1 heterocycles. The minimum absolute atomic E-state index is 0.0643. The summed E-state index contributed by atoms with van der Waals surface area (Å²) < 4.78 is 0. The Morgan fingerprint density at radius 2 is 1.67 bits per heavy atom. The van der Waals surface area contributed by atoms with Crippen LogP contribution in [0.3, 0.4) is 0 Å². The Morgan fingerprint density at radius 3 is 2.47 bits per heavy atom. The molecule has 4 rings (SSSR count). The zero-order valence-corrected chi connectivity index (χ0v) is 18.0. The van der Waals surface area contributed by atoms with Crippen molar-refractivity contribution in [2.45, 2.75) is 25.2 Å². The number of para-hydroxylation sites is 1. The zero-order valence-electron chi connectivity index (χ0n) is 17.1. The number of anilines is 2. The number of rotatable bonds is 5. The number of carbonyl (C=O) groups excluding carboxylic acids is 2. The summed E-state index contributed by atoms with van der Waals surface area (Å²) in [6.07, 6.45) is 0.890. The predicted molar refractivity (Wildman–Crippen MR) is 124 cm³/mol. The molecule has 1 aliphatic rings. The van der Waals surface area contributed by atoms with Crippen molar-refractivity contribution >= 4 is 35.0 Å². The van der Waals surface area contributed by atoms with Crippen molar-refractivity contribution in [1.82, 2.24) is 0 Å². The molecule has 3 aromatic carbocycles. The van der Waals surface area contributed by atoms with Crippen LogP contribution in [-0.4, -0.2) is 24.1 Å². The van der Waals surface area contributed by atoms with Crippen LogP contribution in [0.5, 0.6) is 0 Å². The molecule has 152 valence electrons. The molecule has 0 radical (unpaired) electrons. The van der Waals surface area contributed by atoms with E-state index in [1.54, 1.807) is 6.07 Å². The van der Waals surface area contributed by atoms with Crippen molar-refractivity contribution < 1.29 is 9.59 Å². The van der Waals surface area contributed by atoms with E-state index in [1.807, 2.05) is 67.3 Å². The van der Waals surface area contributed by atoms with Crippen LogP contribution in [0, 0.1) is 13.8 Å². The van der Waals surface area contributed by atoms with E-state index in [1.165, 1.54) is 17.3 Å². The Bertz CT molecular complexity index is 1090. The van der Waals surface area contributed by atoms with Gasteiger partial charge in [0.25, 0.3) is 5.91 Å². The maximum atomic E-state index is 12.9. The maximum Gasteiger partial charge on any atom is 0.256 e. The standard InChI is InChI=1S/C25H24N2O2S/c1-17-13-18(2)15-20(14-17)26-25(29)21-8-4-6-10-23(21)30-16-24(28)27-12-11-19-7-3-5-9-22(19)27/h3-10,13-15H,11-12,16H2,1-2H3,(H,26,29). The van der Waals surface area contributed by atoms with Crippen molar-refractivity contribution in [1.29, 1.82) is 0 Å². The van der Waals surface area contributed by atoms with Crippen LogP contribution < -0.4 is 10.2 Å². The number of thioether (sulfide) groups is 1. The van der Waals surface area contributed by atoms with Gasteiger partial charge in [-0.3, -0.25) is 9.59 Å². The van der Waals surface area contributed by atoms with Gasteiger partial charge in [0, 0.05) is 22.8 Å². The second-order valence-corrected chi connectivity index (χ2v) is 8.56. The van der Waals surface area contributed by atoms with Crippen molar-refractivity contribution in [2.24, 2.45) is 0 Å². The fraction of sp³-hybridized carbons (Fsp3) is 0.200. The molecule has 0 unspecified atom stereocenters. The third-order valence-corrected chi connectivity index (χ3v) is 6.21. The molecular weight excluding hydrogens is 392 g/mol. The Balaban J connectivity index is 1.46. The third kappa shape index (κ3) is 4.41. The van der Waals surface area contributed by atoms with Gasteiger partial charge < -0.3 is 10.2 Å². The number of nitrogens with zero attached hydrogens (tertiary/aromatic N) is 1. The molecule has 0 spiro atoms. The monoisotopic (exact) mass is 416 g/mol. The average Bonchev–Trinajstić information content (AvgIpc) is 3.16. The van der Waals surface area contributed by atoms with Gasteiger partial charge in [-0.15, -0.1) is 11.8 Å². The van der Waals surface area contributed by atoms with E-state index in [0.29, 0.717) is 17.9 Å². The number of hydrogen-bond acceptors (Lipinski definition) is 3. The van der Waals surface area contributed by atoms with E-state index in [-0.39, 0.29) is 11.8 Å². The Labute approximate surface area is 181 Å². The summed E-state index contributed by atoms with van der Waals surface area (Å²) in [7, 11) is 0. The predicted octanol–water partition coefficient (Wildman–Crippen LogP) is 5.24. The molecule has 4 nitrogen and oxygen atoms in total. The average molecular weight is 417 g/mol. The van der Waals surface area contributed by atoms with Crippen LogP contribution in [0.25, 0.3) is 0 Å². The summed E-state index contributed by atoms with van der Waals surface area (Å²) in [4.78, 5) is 28.4. The molecule has 0 bridgehead atoms. The highest BCUT2D eigenvalue weighted by Crippen LogP contribution is 2.30. The summed E-state index contributed by atoms with van der Waals surface area (Å²) in [6, 6.07) is 21.5. The van der Waals surface area contributed by atoms with E-state index < -0.39 is 0 Å². The van der Waals surface area contributed by atoms with Gasteiger partial charge in [-0.1, -0.05) is 36.4 Å². The second-order valence-electron chi connectivity index (χ2n) is 7.54. The molecule has 0 aliphatic carbocycles. The molecule has 0 saturated heterocycles. The SMILES string of the molecule is Cc1cc(C)cc(NC(=O)c2ccccc2SCC(=O)N2CCc3ccccc32)c1. The van der Waals surface area contributed by atoms with Gasteiger partial charge in [-0.05, 0) is 67.3 Å². The topological polar surface area (TPSA) is 49.4 Å². The van der Waals surface area contributed by atoms with Crippen LogP contribution in [0.4, 0.5) is 11.4 Å². The summed E-state index contributed by atoms with van der Waals surface area (Å²) in [5, 5.41) is 2.99. The molecule has 0 aromatic heterocycles. The lowest BCUT2D eigenvalue weighted by Gasteiger charge is -2.17. The minimum atomic E-state index is -0.165. The Hall–Kier alpha value is -3.05. The first-order valence-corrected chi connectivity index (χ1v) is 11.0. The molecule has 0 atom stereocenters. The zero-order chi connectivity index (χ0) is 21.1. The molecule has 3 aromatic rings. The van der Waals surface area contributed by atoms with E-state index in [2.05, 4.69) is 17.4 Å². The Kier molecular flexibility index (Phi) is 5.91. The van der Waals surface area contributed by atoms with Crippen LogP contribution in [0.1, 0.15) is 27.0 Å². The molecule has 30 heavy (non-hydrogen) atoms. The number of benzene rings is 3. The van der Waals surface area contributed by atoms with Crippen molar-refractivity contribution in [2.75, 3.05) is 22.5 Å². The largest absolute Gasteiger partial charge is 0.322 e. The lowest BCUT2D eigenvalue weighted by molar-refractivity contribution is -0.116. The fourth-order valence-electron chi connectivity index (χ4n) is 3.84. The highest BCUT2D eigenvalue weighted by molar-refractivity contribution is 8.00. The highest BCUT2D eigenvalue weighted by atomic mass is 32.2.